The lowest BCUT2D eigenvalue weighted by Crippen LogP contribution is -2.48. The van der Waals surface area contributed by atoms with E-state index in [1.54, 1.807) is 0 Å². The number of carbonyl (C=O) groups is 1. The first-order chi connectivity index (χ1) is 13.5. The standard InChI is InChI=1S/C22H26N4O2/c1-13-4-7-16(14(2)23-13)21(28)26-11-3-9-22(12-26)10-8-17-18(22)24-19(15-5-6-15)25-20(17)27/h4,7,15H,3,5-6,8-12H2,1-2H3,(H,24,25,27). The van der Waals surface area contributed by atoms with Crippen molar-refractivity contribution in [3.8, 4) is 0 Å². The highest BCUT2D eigenvalue weighted by Gasteiger charge is 2.46. The molecule has 28 heavy (non-hydrogen) atoms. The number of hydrogen-bond donors (Lipinski definition) is 1. The van der Waals surface area contributed by atoms with E-state index in [2.05, 4.69) is 9.97 Å². The molecule has 0 aromatic carbocycles. The molecule has 1 saturated heterocycles. The van der Waals surface area contributed by atoms with Crippen molar-refractivity contribution in [2.24, 2.45) is 0 Å². The molecule has 2 aromatic rings. The van der Waals surface area contributed by atoms with Crippen LogP contribution < -0.4 is 5.56 Å². The molecule has 2 aromatic heterocycles. The first-order valence-corrected chi connectivity index (χ1v) is 10.3. The fourth-order valence-electron chi connectivity index (χ4n) is 5.00. The number of nitrogens with one attached hydrogen (secondary N) is 1. The molecular weight excluding hydrogens is 352 g/mol. The van der Waals surface area contributed by atoms with E-state index in [1.165, 1.54) is 0 Å². The molecule has 3 heterocycles. The third-order valence-electron chi connectivity index (χ3n) is 6.67. The zero-order valence-corrected chi connectivity index (χ0v) is 16.5. The quantitative estimate of drug-likeness (QED) is 0.872. The van der Waals surface area contributed by atoms with Crippen molar-refractivity contribution in [3.05, 3.63) is 56.5 Å². The second-order valence-electron chi connectivity index (χ2n) is 8.75. The number of aryl methyl sites for hydroxylation is 2. The van der Waals surface area contributed by atoms with Gasteiger partial charge in [-0.3, -0.25) is 14.6 Å². The number of fused-ring (bicyclic) bond motifs is 2. The van der Waals surface area contributed by atoms with Gasteiger partial charge in [0.2, 0.25) is 0 Å². The monoisotopic (exact) mass is 378 g/mol. The van der Waals surface area contributed by atoms with Crippen LogP contribution in [0.25, 0.3) is 0 Å². The van der Waals surface area contributed by atoms with Crippen molar-refractivity contribution in [2.45, 2.75) is 63.7 Å². The third-order valence-corrected chi connectivity index (χ3v) is 6.67. The molecule has 1 N–H and O–H groups in total. The maximum absolute atomic E-state index is 13.2. The minimum Gasteiger partial charge on any atom is -0.338 e. The Morgan fingerprint density at radius 2 is 2.04 bits per heavy atom. The molecular formula is C22H26N4O2. The van der Waals surface area contributed by atoms with Gasteiger partial charge in [-0.1, -0.05) is 0 Å². The summed E-state index contributed by atoms with van der Waals surface area (Å²) in [4.78, 5) is 40.2. The number of rotatable bonds is 2. The number of carbonyl (C=O) groups excluding carboxylic acids is 1. The molecule has 0 bridgehead atoms. The molecule has 2 aliphatic carbocycles. The van der Waals surface area contributed by atoms with Gasteiger partial charge < -0.3 is 9.88 Å². The van der Waals surface area contributed by atoms with Crippen molar-refractivity contribution >= 4 is 5.91 Å². The van der Waals surface area contributed by atoms with Gasteiger partial charge in [-0.2, -0.15) is 0 Å². The molecule has 1 aliphatic heterocycles. The Morgan fingerprint density at radius 1 is 1.21 bits per heavy atom. The fraction of sp³-hybridized carbons (Fsp3) is 0.545. The number of aromatic amines is 1. The summed E-state index contributed by atoms with van der Waals surface area (Å²) >= 11 is 0. The second-order valence-corrected chi connectivity index (χ2v) is 8.75. The van der Waals surface area contributed by atoms with Gasteiger partial charge in [0.1, 0.15) is 5.82 Å². The first-order valence-electron chi connectivity index (χ1n) is 10.3. The van der Waals surface area contributed by atoms with Crippen LogP contribution in [0.15, 0.2) is 16.9 Å². The molecule has 1 spiro atoms. The van der Waals surface area contributed by atoms with Gasteiger partial charge in [-0.25, -0.2) is 4.98 Å². The number of amides is 1. The van der Waals surface area contributed by atoms with E-state index in [1.807, 2.05) is 30.9 Å². The van der Waals surface area contributed by atoms with E-state index < -0.39 is 0 Å². The molecule has 1 amide bonds. The highest BCUT2D eigenvalue weighted by molar-refractivity contribution is 5.95. The van der Waals surface area contributed by atoms with Gasteiger partial charge >= 0.3 is 0 Å². The Bertz CT molecular complexity index is 1020. The number of nitrogens with zero attached hydrogens (tertiary/aromatic N) is 3. The smallest absolute Gasteiger partial charge is 0.255 e. The topological polar surface area (TPSA) is 79.0 Å². The SMILES string of the molecule is Cc1ccc(C(=O)N2CCCC3(CCc4c3nc(C3CC3)[nH]c4=O)C2)c(C)n1. The van der Waals surface area contributed by atoms with Gasteiger partial charge in [-0.05, 0) is 64.5 Å². The van der Waals surface area contributed by atoms with Crippen molar-refractivity contribution in [1.29, 1.82) is 0 Å². The summed E-state index contributed by atoms with van der Waals surface area (Å²) in [5.41, 5.74) is 4.05. The van der Waals surface area contributed by atoms with E-state index in [-0.39, 0.29) is 16.9 Å². The Kier molecular flexibility index (Phi) is 3.93. The van der Waals surface area contributed by atoms with Crippen LogP contribution >= 0.6 is 0 Å². The van der Waals surface area contributed by atoms with Crippen LogP contribution in [0.4, 0.5) is 0 Å². The molecule has 3 aliphatic rings. The van der Waals surface area contributed by atoms with E-state index in [9.17, 15) is 9.59 Å². The normalized spacial score (nSPS) is 23.9. The number of H-pyrrole nitrogens is 1. The summed E-state index contributed by atoms with van der Waals surface area (Å²) in [6.07, 6.45) is 5.82. The van der Waals surface area contributed by atoms with Gasteiger partial charge in [-0.15, -0.1) is 0 Å². The van der Waals surface area contributed by atoms with Crippen molar-refractivity contribution < 1.29 is 4.79 Å². The average Bonchev–Trinajstić information content (AvgIpc) is 3.46. The maximum atomic E-state index is 13.2. The summed E-state index contributed by atoms with van der Waals surface area (Å²) in [7, 11) is 0. The largest absolute Gasteiger partial charge is 0.338 e. The number of pyridine rings is 1. The zero-order chi connectivity index (χ0) is 19.5. The lowest BCUT2D eigenvalue weighted by molar-refractivity contribution is 0.0632. The van der Waals surface area contributed by atoms with Gasteiger partial charge in [0.15, 0.2) is 0 Å². The molecule has 5 rings (SSSR count). The predicted molar refractivity (Wildman–Crippen MR) is 106 cm³/mol. The molecule has 6 nitrogen and oxygen atoms in total. The Balaban J connectivity index is 1.48. The van der Waals surface area contributed by atoms with Crippen LogP contribution in [-0.4, -0.2) is 38.8 Å². The fourth-order valence-corrected chi connectivity index (χ4v) is 5.00. The maximum Gasteiger partial charge on any atom is 0.255 e. The Labute approximate surface area is 164 Å². The number of aromatic nitrogens is 3. The average molecular weight is 378 g/mol. The summed E-state index contributed by atoms with van der Waals surface area (Å²) in [5.74, 6) is 1.31. The molecule has 6 heteroatoms. The van der Waals surface area contributed by atoms with Gasteiger partial charge in [0.25, 0.3) is 11.5 Å². The van der Waals surface area contributed by atoms with E-state index >= 15 is 0 Å². The first kappa shape index (κ1) is 17.6. The van der Waals surface area contributed by atoms with Crippen molar-refractivity contribution in [3.63, 3.8) is 0 Å². The Hall–Kier alpha value is -2.50. The molecule has 2 fully saturated rings. The van der Waals surface area contributed by atoms with E-state index in [0.29, 0.717) is 18.0 Å². The van der Waals surface area contributed by atoms with Crippen LogP contribution in [0, 0.1) is 13.8 Å². The molecule has 0 radical (unpaired) electrons. The van der Waals surface area contributed by atoms with E-state index in [4.69, 9.17) is 4.98 Å². The lowest BCUT2D eigenvalue weighted by Gasteiger charge is -2.40. The van der Waals surface area contributed by atoms with Crippen LogP contribution in [-0.2, 0) is 11.8 Å². The summed E-state index contributed by atoms with van der Waals surface area (Å²) < 4.78 is 0. The van der Waals surface area contributed by atoms with Crippen LogP contribution in [0.5, 0.6) is 0 Å². The third kappa shape index (κ3) is 2.77. The minimum atomic E-state index is -0.173. The number of piperidine rings is 1. The summed E-state index contributed by atoms with van der Waals surface area (Å²) in [6, 6.07) is 3.78. The summed E-state index contributed by atoms with van der Waals surface area (Å²) in [5, 5.41) is 0. The minimum absolute atomic E-state index is 0.0332. The Morgan fingerprint density at radius 3 is 2.79 bits per heavy atom. The molecule has 1 saturated carbocycles. The van der Waals surface area contributed by atoms with Gasteiger partial charge in [0, 0.05) is 35.7 Å². The van der Waals surface area contributed by atoms with Crippen molar-refractivity contribution in [2.75, 3.05) is 13.1 Å². The number of hydrogen-bond acceptors (Lipinski definition) is 4. The van der Waals surface area contributed by atoms with Gasteiger partial charge in [0.05, 0.1) is 17.0 Å². The molecule has 146 valence electrons. The van der Waals surface area contributed by atoms with Crippen LogP contribution in [0.1, 0.15) is 76.8 Å². The lowest BCUT2D eigenvalue weighted by atomic mass is 9.77. The second kappa shape index (κ2) is 6.26. The zero-order valence-electron chi connectivity index (χ0n) is 16.5. The molecule has 1 atom stereocenters. The highest BCUT2D eigenvalue weighted by Crippen LogP contribution is 2.45. The van der Waals surface area contributed by atoms with E-state index in [0.717, 1.165) is 73.5 Å². The summed E-state index contributed by atoms with van der Waals surface area (Å²) in [6.45, 7) is 5.23. The molecule has 1 unspecified atom stereocenters. The predicted octanol–water partition coefficient (Wildman–Crippen LogP) is 2.78. The highest BCUT2D eigenvalue weighted by atomic mass is 16.2. The van der Waals surface area contributed by atoms with Crippen LogP contribution in [0.2, 0.25) is 0 Å². The number of likely N-dealkylation sites (tertiary alicyclic amines) is 1. The van der Waals surface area contributed by atoms with Crippen molar-refractivity contribution in [1.82, 2.24) is 19.9 Å². The van der Waals surface area contributed by atoms with Crippen LogP contribution in [0.3, 0.4) is 0 Å².